The maximum atomic E-state index is 12.4. The topological polar surface area (TPSA) is 32.3 Å². The zero-order chi connectivity index (χ0) is 14.7. The van der Waals surface area contributed by atoms with E-state index in [9.17, 15) is 4.79 Å². The molecule has 1 aromatic carbocycles. The zero-order valence-electron chi connectivity index (χ0n) is 12.7. The number of carbonyl (C=O) groups excluding carboxylic acids is 1. The molecule has 1 aromatic rings. The molecule has 3 nitrogen and oxygen atoms in total. The van der Waals surface area contributed by atoms with E-state index in [4.69, 9.17) is 0 Å². The normalized spacial score (nSPS) is 24.2. The molecule has 20 heavy (non-hydrogen) atoms. The third-order valence-electron chi connectivity index (χ3n) is 3.90. The van der Waals surface area contributed by atoms with Crippen LogP contribution < -0.4 is 5.32 Å². The van der Waals surface area contributed by atoms with E-state index in [1.807, 2.05) is 11.8 Å². The summed E-state index contributed by atoms with van der Waals surface area (Å²) in [6, 6.07) is 8.73. The van der Waals surface area contributed by atoms with Crippen LogP contribution in [0, 0.1) is 0 Å². The number of amides is 1. The van der Waals surface area contributed by atoms with Crippen LogP contribution >= 0.6 is 11.8 Å². The Morgan fingerprint density at radius 3 is 2.55 bits per heavy atom. The quantitative estimate of drug-likeness (QED) is 0.906. The molecule has 1 heterocycles. The molecule has 0 spiro atoms. The molecule has 0 aliphatic carbocycles. The fourth-order valence-electron chi connectivity index (χ4n) is 2.72. The summed E-state index contributed by atoms with van der Waals surface area (Å²) in [6.45, 7) is 6.23. The van der Waals surface area contributed by atoms with Gasteiger partial charge in [-0.05, 0) is 37.7 Å². The predicted molar refractivity (Wildman–Crippen MR) is 85.8 cm³/mol. The number of carbonyl (C=O) groups is 1. The van der Waals surface area contributed by atoms with Crippen LogP contribution in [0.4, 0.5) is 0 Å². The average molecular weight is 292 g/mol. The third-order valence-corrected chi connectivity index (χ3v) is 4.71. The van der Waals surface area contributed by atoms with E-state index < -0.39 is 0 Å². The van der Waals surface area contributed by atoms with Crippen LogP contribution in [0.5, 0.6) is 0 Å². The number of aryl methyl sites for hydroxylation is 1. The van der Waals surface area contributed by atoms with Crippen molar-refractivity contribution in [3.8, 4) is 0 Å². The lowest BCUT2D eigenvalue weighted by molar-refractivity contribution is -0.131. The van der Waals surface area contributed by atoms with Crippen LogP contribution in [0.1, 0.15) is 38.1 Å². The van der Waals surface area contributed by atoms with Gasteiger partial charge in [-0.3, -0.25) is 10.1 Å². The molecule has 0 aromatic heterocycles. The van der Waals surface area contributed by atoms with Gasteiger partial charge < -0.3 is 4.90 Å². The molecule has 0 bridgehead atoms. The Balaban J connectivity index is 2.24. The highest BCUT2D eigenvalue weighted by Gasteiger charge is 2.39. The van der Waals surface area contributed by atoms with Crippen LogP contribution in [-0.4, -0.2) is 34.9 Å². The van der Waals surface area contributed by atoms with Gasteiger partial charge in [0.05, 0.1) is 6.04 Å². The molecule has 3 atom stereocenters. The zero-order valence-corrected chi connectivity index (χ0v) is 13.5. The Bertz CT molecular complexity index is 460. The van der Waals surface area contributed by atoms with Crippen LogP contribution in [0.15, 0.2) is 24.3 Å². The number of benzene rings is 1. The van der Waals surface area contributed by atoms with E-state index in [1.165, 1.54) is 11.1 Å². The van der Waals surface area contributed by atoms with Gasteiger partial charge in [0.1, 0.15) is 6.17 Å². The number of hydrogen-bond donors (Lipinski definition) is 1. The summed E-state index contributed by atoms with van der Waals surface area (Å²) in [6.07, 6.45) is 3.13. The molecule has 1 aliphatic heterocycles. The second-order valence-electron chi connectivity index (χ2n) is 5.44. The number of nitrogens with zero attached hydrogens (tertiary/aromatic N) is 1. The van der Waals surface area contributed by atoms with Gasteiger partial charge in [0, 0.05) is 11.8 Å². The smallest absolute Gasteiger partial charge is 0.241 e. The molecular weight excluding hydrogens is 268 g/mol. The van der Waals surface area contributed by atoms with Gasteiger partial charge in [0.25, 0.3) is 0 Å². The van der Waals surface area contributed by atoms with Crippen molar-refractivity contribution < 1.29 is 4.79 Å². The molecule has 0 saturated carbocycles. The molecule has 110 valence electrons. The SMILES string of the molecule is CCc1ccc(C2NC(C)C(=O)N2C(C)CSC)cc1. The third kappa shape index (κ3) is 3.01. The second-order valence-corrected chi connectivity index (χ2v) is 6.35. The van der Waals surface area contributed by atoms with Gasteiger partial charge in [0.2, 0.25) is 5.91 Å². The molecule has 4 heteroatoms. The highest BCUT2D eigenvalue weighted by Crippen LogP contribution is 2.28. The van der Waals surface area contributed by atoms with Crippen molar-refractivity contribution in [1.29, 1.82) is 0 Å². The Morgan fingerprint density at radius 1 is 1.35 bits per heavy atom. The fourth-order valence-corrected chi connectivity index (χ4v) is 3.37. The number of rotatable bonds is 5. The highest BCUT2D eigenvalue weighted by atomic mass is 32.2. The van der Waals surface area contributed by atoms with E-state index in [2.05, 4.69) is 49.7 Å². The highest BCUT2D eigenvalue weighted by molar-refractivity contribution is 7.98. The van der Waals surface area contributed by atoms with Crippen LogP contribution in [0.25, 0.3) is 0 Å². The van der Waals surface area contributed by atoms with Crippen LogP contribution in [-0.2, 0) is 11.2 Å². The number of nitrogens with one attached hydrogen (secondary N) is 1. The minimum absolute atomic E-state index is 0.00514. The summed E-state index contributed by atoms with van der Waals surface area (Å²) in [4.78, 5) is 14.4. The van der Waals surface area contributed by atoms with Gasteiger partial charge in [-0.1, -0.05) is 31.2 Å². The van der Waals surface area contributed by atoms with Gasteiger partial charge in [0.15, 0.2) is 0 Å². The van der Waals surface area contributed by atoms with Crippen molar-refractivity contribution in [2.24, 2.45) is 0 Å². The summed E-state index contributed by atoms with van der Waals surface area (Å²) < 4.78 is 0. The molecule has 2 rings (SSSR count). The summed E-state index contributed by atoms with van der Waals surface area (Å²) in [7, 11) is 0. The summed E-state index contributed by atoms with van der Waals surface area (Å²) in [5.74, 6) is 1.17. The van der Waals surface area contributed by atoms with Crippen molar-refractivity contribution >= 4 is 17.7 Å². The fraction of sp³-hybridized carbons (Fsp3) is 0.562. The van der Waals surface area contributed by atoms with Crippen molar-refractivity contribution in [2.75, 3.05) is 12.0 Å². The average Bonchev–Trinajstić information content (AvgIpc) is 2.75. The number of hydrogen-bond acceptors (Lipinski definition) is 3. The lowest BCUT2D eigenvalue weighted by Crippen LogP contribution is -2.39. The van der Waals surface area contributed by atoms with Gasteiger partial charge >= 0.3 is 0 Å². The van der Waals surface area contributed by atoms with E-state index in [0.717, 1.165) is 12.2 Å². The molecule has 1 N–H and O–H groups in total. The molecule has 1 saturated heterocycles. The molecule has 1 amide bonds. The van der Waals surface area contributed by atoms with Crippen molar-refractivity contribution in [2.45, 2.75) is 45.4 Å². The molecule has 1 fully saturated rings. The van der Waals surface area contributed by atoms with E-state index in [-0.39, 0.29) is 24.2 Å². The van der Waals surface area contributed by atoms with Crippen LogP contribution in [0.2, 0.25) is 0 Å². The Morgan fingerprint density at radius 2 is 2.00 bits per heavy atom. The maximum Gasteiger partial charge on any atom is 0.241 e. The van der Waals surface area contributed by atoms with Crippen molar-refractivity contribution in [3.63, 3.8) is 0 Å². The van der Waals surface area contributed by atoms with Gasteiger partial charge in [-0.2, -0.15) is 11.8 Å². The standard InChI is InChI=1S/C16H24N2OS/c1-5-13-6-8-14(9-7-13)15-17-12(3)16(19)18(15)11(2)10-20-4/h6-9,11-12,15,17H,5,10H2,1-4H3. The first-order valence-electron chi connectivity index (χ1n) is 7.24. The first-order valence-corrected chi connectivity index (χ1v) is 8.63. The maximum absolute atomic E-state index is 12.4. The van der Waals surface area contributed by atoms with E-state index in [0.29, 0.717) is 0 Å². The minimum atomic E-state index is -0.102. The first kappa shape index (κ1) is 15.4. The second kappa shape index (κ2) is 6.64. The predicted octanol–water partition coefficient (Wildman–Crippen LogP) is 2.82. The molecule has 0 radical (unpaired) electrons. The monoisotopic (exact) mass is 292 g/mol. The van der Waals surface area contributed by atoms with E-state index >= 15 is 0 Å². The van der Waals surface area contributed by atoms with Gasteiger partial charge in [-0.25, -0.2) is 0 Å². The molecule has 1 aliphatic rings. The largest absolute Gasteiger partial charge is 0.318 e. The van der Waals surface area contributed by atoms with Gasteiger partial charge in [-0.15, -0.1) is 0 Å². The summed E-state index contributed by atoms with van der Waals surface area (Å²) >= 11 is 1.78. The number of thioether (sulfide) groups is 1. The Hall–Kier alpha value is -1.00. The lowest BCUT2D eigenvalue weighted by Gasteiger charge is -2.30. The lowest BCUT2D eigenvalue weighted by atomic mass is 10.1. The van der Waals surface area contributed by atoms with E-state index in [1.54, 1.807) is 11.8 Å². The Labute approximate surface area is 126 Å². The first-order chi connectivity index (χ1) is 9.58. The Kier molecular flexibility index (Phi) is 5.11. The minimum Gasteiger partial charge on any atom is -0.318 e. The van der Waals surface area contributed by atoms with Crippen LogP contribution in [0.3, 0.4) is 0 Å². The summed E-state index contributed by atoms with van der Waals surface area (Å²) in [5.41, 5.74) is 2.50. The van der Waals surface area contributed by atoms with Crippen molar-refractivity contribution in [3.05, 3.63) is 35.4 Å². The van der Waals surface area contributed by atoms with Crippen molar-refractivity contribution in [1.82, 2.24) is 10.2 Å². The summed E-state index contributed by atoms with van der Waals surface area (Å²) in [5, 5.41) is 3.41. The molecular formula is C16H24N2OS. The molecule has 3 unspecified atom stereocenters.